The van der Waals surface area contributed by atoms with Gasteiger partial charge in [-0.1, -0.05) is 36.0 Å². The van der Waals surface area contributed by atoms with Gasteiger partial charge in [0.2, 0.25) is 0 Å². The number of fused-ring (bicyclic) bond motifs is 1. The zero-order valence-corrected chi connectivity index (χ0v) is 19.0. The summed E-state index contributed by atoms with van der Waals surface area (Å²) in [5.41, 5.74) is 0.227. The molecule has 3 heterocycles. The lowest BCUT2D eigenvalue weighted by Gasteiger charge is -2.43. The number of ether oxygens (including phenoxy) is 1. The van der Waals surface area contributed by atoms with Crippen LogP contribution in [0.1, 0.15) is 27.3 Å². The maximum atomic E-state index is 15.0. The third-order valence-corrected chi connectivity index (χ3v) is 6.83. The van der Waals surface area contributed by atoms with Crippen molar-refractivity contribution >= 4 is 28.6 Å². The molecule has 6 nitrogen and oxygen atoms in total. The maximum Gasteiger partial charge on any atom is 0.257 e. The molecule has 0 fully saturated rings. The Labute approximate surface area is 199 Å². The fourth-order valence-corrected chi connectivity index (χ4v) is 5.15. The van der Waals surface area contributed by atoms with Gasteiger partial charge in [-0.15, -0.1) is 0 Å². The fraction of sp³-hybridized carbons (Fsp3) is 0.200. The third kappa shape index (κ3) is 4.19. The first-order chi connectivity index (χ1) is 16.4. The molecule has 5 rings (SSSR count). The van der Waals surface area contributed by atoms with Crippen LogP contribution in [0, 0.1) is 24.5 Å². The molecule has 2 aliphatic heterocycles. The van der Waals surface area contributed by atoms with Crippen LogP contribution < -0.4 is 5.32 Å². The first-order valence-electron chi connectivity index (χ1n) is 10.6. The van der Waals surface area contributed by atoms with Crippen LogP contribution in [0.4, 0.5) is 8.78 Å². The topological polar surface area (TPSA) is 76.5 Å². The molecule has 34 heavy (non-hydrogen) atoms. The number of hydrogen-bond acceptors (Lipinski definition) is 6. The number of nitrogens with one attached hydrogen (secondary N) is 1. The van der Waals surface area contributed by atoms with Crippen LogP contribution in [-0.2, 0) is 10.3 Å². The smallest absolute Gasteiger partial charge is 0.257 e. The fourth-order valence-electron chi connectivity index (χ4n) is 4.05. The minimum absolute atomic E-state index is 0.00516. The summed E-state index contributed by atoms with van der Waals surface area (Å²) in [5, 5.41) is 3.18. The average Bonchev–Trinajstić information content (AvgIpc) is 2.84. The largest absolute Gasteiger partial charge is 0.490 e. The van der Waals surface area contributed by atoms with Gasteiger partial charge >= 0.3 is 0 Å². The molecule has 9 heteroatoms. The first kappa shape index (κ1) is 22.2. The normalized spacial score (nSPS) is 21.6. The van der Waals surface area contributed by atoms with Crippen LogP contribution >= 0.6 is 11.8 Å². The molecule has 1 N–H and O–H groups in total. The lowest BCUT2D eigenvalue weighted by molar-refractivity contribution is 0.0975. The van der Waals surface area contributed by atoms with Crippen molar-refractivity contribution in [2.45, 2.75) is 12.5 Å². The molecule has 0 spiro atoms. The van der Waals surface area contributed by atoms with Gasteiger partial charge in [-0.2, -0.15) is 0 Å². The van der Waals surface area contributed by atoms with E-state index in [-0.39, 0.29) is 24.0 Å². The van der Waals surface area contributed by atoms with Gasteiger partial charge < -0.3 is 10.1 Å². The predicted octanol–water partition coefficient (Wildman–Crippen LogP) is 4.48. The molecule has 0 saturated heterocycles. The summed E-state index contributed by atoms with van der Waals surface area (Å²) in [5.74, 6) is -0.260. The van der Waals surface area contributed by atoms with Gasteiger partial charge in [0.1, 0.15) is 35.4 Å². The van der Waals surface area contributed by atoms with Crippen LogP contribution in [0.3, 0.4) is 0 Å². The number of amidine groups is 1. The number of nitrogens with zero attached hydrogens (tertiary/aromatic N) is 3. The third-order valence-electron chi connectivity index (χ3n) is 5.83. The molecule has 0 bridgehead atoms. The summed E-state index contributed by atoms with van der Waals surface area (Å²) in [7, 11) is 0. The number of carbonyl (C=O) groups excluding carboxylic acids is 1. The standard InChI is InChI=1S/C25H20F2N4O2S/c1-15-28-11-17(12-29-15)22-9-18-13-34-24(30-23(32)16-5-3-2-4-6-16)31-25(18,14-33-22)20-8-7-19(26)10-21(20)27/h2-12,18H,13-14H2,1H3,(H,30,31,32). The van der Waals surface area contributed by atoms with Crippen molar-refractivity contribution in [2.24, 2.45) is 10.9 Å². The maximum absolute atomic E-state index is 15.0. The van der Waals surface area contributed by atoms with Crippen LogP contribution in [0.25, 0.3) is 5.76 Å². The summed E-state index contributed by atoms with van der Waals surface area (Å²) in [6.45, 7) is 1.80. The van der Waals surface area contributed by atoms with E-state index in [1.807, 2.05) is 12.1 Å². The Morgan fingerprint density at radius 3 is 2.65 bits per heavy atom. The molecular formula is C25H20F2N4O2S. The molecule has 2 aromatic carbocycles. The molecule has 3 aromatic rings. The van der Waals surface area contributed by atoms with Crippen molar-refractivity contribution in [3.05, 3.63) is 101 Å². The SMILES string of the molecule is Cc1ncc(C2=CC3CSC(NC(=O)c4ccccc4)=NC3(c3ccc(F)cc3F)CO2)cn1. The van der Waals surface area contributed by atoms with Crippen LogP contribution in [0.2, 0.25) is 0 Å². The quantitative estimate of drug-likeness (QED) is 0.601. The molecule has 0 aliphatic carbocycles. The minimum atomic E-state index is -1.17. The summed E-state index contributed by atoms with van der Waals surface area (Å²) in [4.78, 5) is 25.9. The lowest BCUT2D eigenvalue weighted by Crippen LogP contribution is -2.47. The van der Waals surface area contributed by atoms with E-state index in [2.05, 4.69) is 15.3 Å². The zero-order valence-electron chi connectivity index (χ0n) is 18.2. The van der Waals surface area contributed by atoms with Gasteiger partial charge in [-0.3, -0.25) is 4.79 Å². The number of aryl methyl sites for hydroxylation is 1. The Morgan fingerprint density at radius 1 is 1.15 bits per heavy atom. The van der Waals surface area contributed by atoms with E-state index in [0.29, 0.717) is 33.6 Å². The predicted molar refractivity (Wildman–Crippen MR) is 126 cm³/mol. The van der Waals surface area contributed by atoms with Crippen molar-refractivity contribution in [1.29, 1.82) is 0 Å². The summed E-state index contributed by atoms with van der Waals surface area (Å²) in [6.07, 6.45) is 5.22. The van der Waals surface area contributed by atoms with E-state index < -0.39 is 17.2 Å². The van der Waals surface area contributed by atoms with Crippen molar-refractivity contribution in [3.63, 3.8) is 0 Å². The monoisotopic (exact) mass is 478 g/mol. The van der Waals surface area contributed by atoms with Crippen LogP contribution in [0.15, 0.2) is 72.0 Å². The van der Waals surface area contributed by atoms with Gasteiger partial charge in [0.25, 0.3) is 5.91 Å². The van der Waals surface area contributed by atoms with Gasteiger partial charge in [0.05, 0.1) is 5.56 Å². The highest BCUT2D eigenvalue weighted by molar-refractivity contribution is 8.13. The number of amides is 1. The lowest BCUT2D eigenvalue weighted by atomic mass is 9.77. The highest BCUT2D eigenvalue weighted by Crippen LogP contribution is 2.46. The van der Waals surface area contributed by atoms with E-state index in [0.717, 1.165) is 6.07 Å². The molecule has 1 aromatic heterocycles. The molecule has 1 amide bonds. The van der Waals surface area contributed by atoms with E-state index in [1.165, 1.54) is 23.9 Å². The van der Waals surface area contributed by atoms with Gasteiger partial charge in [0, 0.05) is 41.3 Å². The molecule has 0 saturated carbocycles. The van der Waals surface area contributed by atoms with Gasteiger partial charge in [-0.05, 0) is 31.2 Å². The Balaban J connectivity index is 1.54. The number of hydrogen-bond donors (Lipinski definition) is 1. The summed E-state index contributed by atoms with van der Waals surface area (Å²) >= 11 is 1.36. The van der Waals surface area contributed by atoms with Crippen molar-refractivity contribution in [2.75, 3.05) is 12.4 Å². The first-order valence-corrected chi connectivity index (χ1v) is 11.6. The van der Waals surface area contributed by atoms with Crippen LogP contribution in [-0.4, -0.2) is 33.4 Å². The molecule has 172 valence electrons. The second kappa shape index (κ2) is 8.98. The highest BCUT2D eigenvalue weighted by atomic mass is 32.2. The Bertz CT molecular complexity index is 1300. The number of benzene rings is 2. The molecule has 0 radical (unpaired) electrons. The number of thioether (sulfide) groups is 1. The summed E-state index contributed by atoms with van der Waals surface area (Å²) in [6, 6.07) is 12.2. The van der Waals surface area contributed by atoms with Crippen molar-refractivity contribution in [1.82, 2.24) is 15.3 Å². The molecular weight excluding hydrogens is 458 g/mol. The number of halogens is 2. The molecule has 2 atom stereocenters. The number of aromatic nitrogens is 2. The second-order valence-corrected chi connectivity index (χ2v) is 9.05. The second-order valence-electron chi connectivity index (χ2n) is 8.04. The van der Waals surface area contributed by atoms with Crippen LogP contribution in [0.5, 0.6) is 0 Å². The Kier molecular flexibility index (Phi) is 5.87. The van der Waals surface area contributed by atoms with E-state index in [4.69, 9.17) is 9.73 Å². The highest BCUT2D eigenvalue weighted by Gasteiger charge is 2.48. The Morgan fingerprint density at radius 2 is 1.91 bits per heavy atom. The summed E-state index contributed by atoms with van der Waals surface area (Å²) < 4.78 is 34.8. The average molecular weight is 479 g/mol. The minimum Gasteiger partial charge on any atom is -0.490 e. The van der Waals surface area contributed by atoms with E-state index in [9.17, 15) is 9.18 Å². The molecule has 2 aliphatic rings. The Hall–Kier alpha value is -3.59. The van der Waals surface area contributed by atoms with Crippen molar-refractivity contribution < 1.29 is 18.3 Å². The van der Waals surface area contributed by atoms with Crippen molar-refractivity contribution in [3.8, 4) is 0 Å². The van der Waals surface area contributed by atoms with Gasteiger partial charge in [0.15, 0.2) is 5.17 Å². The number of aliphatic imine (C=N–C) groups is 1. The zero-order chi connectivity index (χ0) is 23.7. The van der Waals surface area contributed by atoms with E-state index >= 15 is 4.39 Å². The number of rotatable bonds is 3. The van der Waals surface area contributed by atoms with Gasteiger partial charge in [-0.25, -0.2) is 23.7 Å². The molecule has 2 unspecified atom stereocenters. The number of carbonyl (C=O) groups is 1. The van der Waals surface area contributed by atoms with E-state index in [1.54, 1.807) is 43.6 Å².